The topological polar surface area (TPSA) is 46.3 Å². The third-order valence-electron chi connectivity index (χ3n) is 6.63. The predicted molar refractivity (Wildman–Crippen MR) is 116 cm³/mol. The van der Waals surface area contributed by atoms with Crippen LogP contribution in [0.4, 0.5) is 0 Å². The van der Waals surface area contributed by atoms with Crippen molar-refractivity contribution in [2.45, 2.75) is 61.1 Å². The number of benzene rings is 1. The number of nitrogens with two attached hydrogens (primary N) is 1. The van der Waals surface area contributed by atoms with E-state index in [1.54, 1.807) is 0 Å². The molecule has 2 N–H and O–H groups in total. The quantitative estimate of drug-likeness (QED) is 0.736. The first-order chi connectivity index (χ1) is 12.6. The van der Waals surface area contributed by atoms with Gasteiger partial charge in [-0.3, -0.25) is 4.79 Å². The number of likely N-dealkylation sites (tertiary alicyclic amines) is 1. The van der Waals surface area contributed by atoms with E-state index >= 15 is 0 Å². The maximum absolute atomic E-state index is 13.1. The van der Waals surface area contributed by atoms with Gasteiger partial charge in [-0.15, -0.1) is 24.2 Å². The molecule has 3 aliphatic rings. The summed E-state index contributed by atoms with van der Waals surface area (Å²) < 4.78 is 0. The summed E-state index contributed by atoms with van der Waals surface area (Å²) in [5.74, 6) is 1.79. The first-order valence-electron chi connectivity index (χ1n) is 10.1. The van der Waals surface area contributed by atoms with Crippen LogP contribution in [-0.4, -0.2) is 35.2 Å². The number of piperidine rings is 1. The summed E-state index contributed by atoms with van der Waals surface area (Å²) in [6, 6.07) is 8.43. The molecule has 2 atom stereocenters. The van der Waals surface area contributed by atoms with Gasteiger partial charge in [-0.05, 0) is 74.6 Å². The van der Waals surface area contributed by atoms with Crippen LogP contribution in [-0.2, 0) is 4.79 Å². The summed E-state index contributed by atoms with van der Waals surface area (Å²) in [5.41, 5.74) is 6.39. The number of hydrogen-bond donors (Lipinski definition) is 1. The third-order valence-corrected chi connectivity index (χ3v) is 8.23. The van der Waals surface area contributed by atoms with Crippen LogP contribution in [0, 0.1) is 17.8 Å². The number of nitrogens with zero attached hydrogens (tertiary/aromatic N) is 1. The van der Waals surface area contributed by atoms with Crippen LogP contribution in [0.25, 0.3) is 0 Å². The monoisotopic (exact) mass is 428 g/mol. The van der Waals surface area contributed by atoms with Crippen LogP contribution in [0.15, 0.2) is 29.2 Å². The molecule has 0 aromatic heterocycles. The molecule has 0 radical (unpaired) electrons. The van der Waals surface area contributed by atoms with E-state index in [0.717, 1.165) is 43.8 Å². The van der Waals surface area contributed by atoms with Crippen LogP contribution in [0.2, 0.25) is 5.02 Å². The SMILES string of the molecule is Cl.NC1C2CCCC1CC(C(=O)N1CCC(Sc3ccc(Cl)cc3)CC1)C2. The van der Waals surface area contributed by atoms with Crippen LogP contribution in [0.5, 0.6) is 0 Å². The molecule has 1 aromatic rings. The van der Waals surface area contributed by atoms with E-state index < -0.39 is 0 Å². The van der Waals surface area contributed by atoms with Crippen molar-refractivity contribution in [2.24, 2.45) is 23.5 Å². The minimum atomic E-state index is 0. The molecule has 1 heterocycles. The molecule has 2 saturated carbocycles. The van der Waals surface area contributed by atoms with E-state index in [4.69, 9.17) is 17.3 Å². The van der Waals surface area contributed by atoms with Crippen molar-refractivity contribution < 1.29 is 4.79 Å². The molecule has 1 aromatic carbocycles. The summed E-state index contributed by atoms with van der Waals surface area (Å²) >= 11 is 7.89. The Hall–Kier alpha value is -0.420. The second-order valence-corrected chi connectivity index (χ2v) is 10.1. The second-order valence-electron chi connectivity index (χ2n) is 8.29. The highest BCUT2D eigenvalue weighted by Crippen LogP contribution is 2.43. The molecule has 2 bridgehead atoms. The number of hydrogen-bond acceptors (Lipinski definition) is 3. The Morgan fingerprint density at radius 2 is 1.63 bits per heavy atom. The summed E-state index contributed by atoms with van der Waals surface area (Å²) in [4.78, 5) is 16.5. The van der Waals surface area contributed by atoms with Crippen molar-refractivity contribution >= 4 is 41.7 Å². The number of rotatable bonds is 3. The number of amides is 1. The minimum absolute atomic E-state index is 0. The maximum atomic E-state index is 13.1. The van der Waals surface area contributed by atoms with Crippen molar-refractivity contribution in [1.82, 2.24) is 4.90 Å². The zero-order valence-corrected chi connectivity index (χ0v) is 18.1. The van der Waals surface area contributed by atoms with E-state index in [2.05, 4.69) is 17.0 Å². The molecular weight excluding hydrogens is 399 g/mol. The van der Waals surface area contributed by atoms with E-state index in [-0.39, 0.29) is 18.3 Å². The minimum Gasteiger partial charge on any atom is -0.342 e. The van der Waals surface area contributed by atoms with Gasteiger partial charge in [0.1, 0.15) is 0 Å². The Labute approximate surface area is 178 Å². The molecule has 0 spiro atoms. The van der Waals surface area contributed by atoms with Gasteiger partial charge in [0.25, 0.3) is 0 Å². The Morgan fingerprint density at radius 3 is 2.22 bits per heavy atom. The smallest absolute Gasteiger partial charge is 0.225 e. The predicted octanol–water partition coefficient (Wildman–Crippen LogP) is 5.00. The van der Waals surface area contributed by atoms with Gasteiger partial charge in [0.05, 0.1) is 0 Å². The number of thioether (sulfide) groups is 1. The zero-order valence-electron chi connectivity index (χ0n) is 15.7. The fourth-order valence-electron chi connectivity index (χ4n) is 5.15. The van der Waals surface area contributed by atoms with Crippen LogP contribution < -0.4 is 5.73 Å². The molecule has 1 aliphatic heterocycles. The van der Waals surface area contributed by atoms with Crippen LogP contribution >= 0.6 is 35.8 Å². The lowest BCUT2D eigenvalue weighted by Crippen LogP contribution is -2.50. The molecule has 1 amide bonds. The number of carbonyl (C=O) groups is 1. The van der Waals surface area contributed by atoms with Gasteiger partial charge >= 0.3 is 0 Å². The molecular formula is C21H30Cl2N2OS. The molecule has 27 heavy (non-hydrogen) atoms. The fraction of sp³-hybridized carbons (Fsp3) is 0.667. The molecule has 1 saturated heterocycles. The van der Waals surface area contributed by atoms with Crippen LogP contribution in [0.1, 0.15) is 44.9 Å². The van der Waals surface area contributed by atoms with E-state index in [1.807, 2.05) is 23.9 Å². The molecule has 2 unspecified atom stereocenters. The highest BCUT2D eigenvalue weighted by molar-refractivity contribution is 8.00. The summed E-state index contributed by atoms with van der Waals surface area (Å²) in [6.45, 7) is 1.81. The fourth-order valence-corrected chi connectivity index (χ4v) is 6.40. The van der Waals surface area contributed by atoms with Gasteiger partial charge < -0.3 is 10.6 Å². The molecule has 3 fully saturated rings. The van der Waals surface area contributed by atoms with Crippen molar-refractivity contribution in [2.75, 3.05) is 13.1 Å². The molecule has 150 valence electrons. The summed E-state index contributed by atoms with van der Waals surface area (Å²) in [5, 5.41) is 1.38. The molecule has 2 aliphatic carbocycles. The lowest BCUT2D eigenvalue weighted by Gasteiger charge is -2.45. The van der Waals surface area contributed by atoms with Gasteiger partial charge in [0, 0.05) is 40.2 Å². The highest BCUT2D eigenvalue weighted by Gasteiger charge is 2.42. The third kappa shape index (κ3) is 4.95. The largest absolute Gasteiger partial charge is 0.342 e. The van der Waals surface area contributed by atoms with E-state index in [1.165, 1.54) is 24.2 Å². The van der Waals surface area contributed by atoms with Crippen molar-refractivity contribution in [3.05, 3.63) is 29.3 Å². The van der Waals surface area contributed by atoms with Crippen LogP contribution in [0.3, 0.4) is 0 Å². The van der Waals surface area contributed by atoms with Gasteiger partial charge in [0.2, 0.25) is 5.91 Å². The van der Waals surface area contributed by atoms with E-state index in [0.29, 0.717) is 29.0 Å². The Balaban J connectivity index is 0.00000210. The molecule has 3 nitrogen and oxygen atoms in total. The standard InChI is InChI=1S/C21H29ClN2OS.ClH/c22-17-4-6-18(7-5-17)26-19-8-10-24(11-9-19)21(25)16-12-14-2-1-3-15(13-16)20(14)23;/h4-7,14-16,19-20H,1-3,8-13,23H2;1H. The van der Waals surface area contributed by atoms with Gasteiger partial charge in [-0.2, -0.15) is 0 Å². The normalized spacial score (nSPS) is 31.3. The van der Waals surface area contributed by atoms with Gasteiger partial charge in [0.15, 0.2) is 0 Å². The molecule has 4 rings (SSSR count). The molecule has 6 heteroatoms. The van der Waals surface area contributed by atoms with Crippen molar-refractivity contribution in [1.29, 1.82) is 0 Å². The Bertz CT molecular complexity index is 620. The van der Waals surface area contributed by atoms with E-state index in [9.17, 15) is 4.79 Å². The zero-order chi connectivity index (χ0) is 18.1. The van der Waals surface area contributed by atoms with Crippen molar-refractivity contribution in [3.63, 3.8) is 0 Å². The average Bonchev–Trinajstić information content (AvgIpc) is 2.63. The second kappa shape index (κ2) is 9.39. The highest BCUT2D eigenvalue weighted by atomic mass is 35.5. The maximum Gasteiger partial charge on any atom is 0.225 e. The first-order valence-corrected chi connectivity index (χ1v) is 11.3. The Morgan fingerprint density at radius 1 is 1.04 bits per heavy atom. The summed E-state index contributed by atoms with van der Waals surface area (Å²) in [6.07, 6.45) is 7.96. The average molecular weight is 429 g/mol. The summed E-state index contributed by atoms with van der Waals surface area (Å²) in [7, 11) is 0. The number of halogens is 2. The number of fused-ring (bicyclic) bond motifs is 2. The Kier molecular flexibility index (Phi) is 7.40. The van der Waals surface area contributed by atoms with Gasteiger partial charge in [-0.25, -0.2) is 0 Å². The lowest BCUT2D eigenvalue weighted by atomic mass is 9.65. The number of carbonyl (C=O) groups excluding carboxylic acids is 1. The lowest BCUT2D eigenvalue weighted by molar-refractivity contribution is -0.139. The van der Waals surface area contributed by atoms with Gasteiger partial charge in [-0.1, -0.05) is 18.0 Å². The first kappa shape index (κ1) is 21.3. The van der Waals surface area contributed by atoms with Crippen molar-refractivity contribution in [3.8, 4) is 0 Å².